The SMILES string of the molecule is CCOc1ccc(-c2csc3ncn(C(C)C(=O)Nc4c(CC)cccc4CC)c(=O)c23)cc1. The first-order valence-corrected chi connectivity index (χ1v) is 12.5. The monoisotopic (exact) mass is 475 g/mol. The summed E-state index contributed by atoms with van der Waals surface area (Å²) in [6, 6.07) is 13.0. The number of nitrogens with one attached hydrogen (secondary N) is 1. The molecule has 0 aliphatic rings. The van der Waals surface area contributed by atoms with Gasteiger partial charge < -0.3 is 10.1 Å². The first kappa shape index (κ1) is 23.7. The molecule has 2 aromatic heterocycles. The molecule has 4 rings (SSSR count). The second-order valence-electron chi connectivity index (χ2n) is 8.07. The Labute approximate surface area is 203 Å². The summed E-state index contributed by atoms with van der Waals surface area (Å²) in [6.45, 7) is 8.39. The number of hydrogen-bond donors (Lipinski definition) is 1. The predicted octanol–water partition coefficient (Wildman–Crippen LogP) is 5.85. The molecule has 0 saturated heterocycles. The number of aryl methyl sites for hydroxylation is 2. The molecule has 2 aromatic carbocycles. The summed E-state index contributed by atoms with van der Waals surface area (Å²) in [5.41, 5.74) is 4.50. The molecule has 6 nitrogen and oxygen atoms in total. The highest BCUT2D eigenvalue weighted by Gasteiger charge is 2.22. The van der Waals surface area contributed by atoms with Crippen LogP contribution in [0.25, 0.3) is 21.3 Å². The smallest absolute Gasteiger partial charge is 0.263 e. The molecule has 1 atom stereocenters. The second-order valence-corrected chi connectivity index (χ2v) is 8.93. The Kier molecular flexibility index (Phi) is 7.12. The molecular weight excluding hydrogens is 446 g/mol. The standard InChI is InChI=1S/C27H29N3O3S/c1-5-18-9-8-10-19(6-2)24(18)29-25(31)17(4)30-16-28-26-23(27(30)32)22(15-34-26)20-11-13-21(14-12-20)33-7-3/h8-17H,5-7H2,1-4H3,(H,29,31). The van der Waals surface area contributed by atoms with E-state index in [1.165, 1.54) is 22.2 Å². The summed E-state index contributed by atoms with van der Waals surface area (Å²) in [5, 5.41) is 5.54. The number of benzene rings is 2. The van der Waals surface area contributed by atoms with Gasteiger partial charge in [-0.1, -0.05) is 44.2 Å². The van der Waals surface area contributed by atoms with Crippen molar-refractivity contribution in [3.63, 3.8) is 0 Å². The van der Waals surface area contributed by atoms with Crippen LogP contribution in [0.3, 0.4) is 0 Å². The highest BCUT2D eigenvalue weighted by Crippen LogP contribution is 2.32. The largest absolute Gasteiger partial charge is 0.494 e. The molecule has 0 aliphatic carbocycles. The molecule has 2 heterocycles. The number of rotatable bonds is 8. The van der Waals surface area contributed by atoms with Crippen LogP contribution < -0.4 is 15.6 Å². The van der Waals surface area contributed by atoms with E-state index in [0.717, 1.165) is 46.5 Å². The number of fused-ring (bicyclic) bond motifs is 1. The third-order valence-electron chi connectivity index (χ3n) is 6.04. The second kappa shape index (κ2) is 10.2. The molecule has 1 N–H and O–H groups in total. The van der Waals surface area contributed by atoms with Crippen molar-refractivity contribution < 1.29 is 9.53 Å². The molecule has 0 aliphatic heterocycles. The lowest BCUT2D eigenvalue weighted by Gasteiger charge is -2.19. The van der Waals surface area contributed by atoms with Crippen molar-refractivity contribution in [2.24, 2.45) is 0 Å². The van der Waals surface area contributed by atoms with Gasteiger partial charge in [-0.15, -0.1) is 11.3 Å². The van der Waals surface area contributed by atoms with Gasteiger partial charge in [0.2, 0.25) is 5.91 Å². The van der Waals surface area contributed by atoms with Crippen LogP contribution in [0.2, 0.25) is 0 Å². The van der Waals surface area contributed by atoms with Gasteiger partial charge in [0.25, 0.3) is 5.56 Å². The van der Waals surface area contributed by atoms with Gasteiger partial charge >= 0.3 is 0 Å². The molecule has 176 valence electrons. The molecule has 7 heteroatoms. The third kappa shape index (κ3) is 4.48. The maximum atomic E-state index is 13.5. The minimum atomic E-state index is -0.716. The minimum Gasteiger partial charge on any atom is -0.494 e. The summed E-state index contributed by atoms with van der Waals surface area (Å²) in [6.07, 6.45) is 3.09. The van der Waals surface area contributed by atoms with E-state index in [-0.39, 0.29) is 11.5 Å². The van der Waals surface area contributed by atoms with E-state index in [1.54, 1.807) is 6.92 Å². The number of amides is 1. The summed E-state index contributed by atoms with van der Waals surface area (Å²) >= 11 is 1.42. The molecule has 1 unspecified atom stereocenters. The average Bonchev–Trinajstić information content (AvgIpc) is 3.29. The van der Waals surface area contributed by atoms with Crippen molar-refractivity contribution in [1.82, 2.24) is 9.55 Å². The van der Waals surface area contributed by atoms with Gasteiger partial charge in [-0.25, -0.2) is 4.98 Å². The van der Waals surface area contributed by atoms with Crippen LogP contribution in [0.15, 0.2) is 59.0 Å². The number of ether oxygens (including phenoxy) is 1. The van der Waals surface area contributed by atoms with E-state index in [2.05, 4.69) is 24.1 Å². The molecule has 1 amide bonds. The van der Waals surface area contributed by atoms with E-state index in [4.69, 9.17) is 4.74 Å². The Balaban J connectivity index is 1.69. The van der Waals surface area contributed by atoms with Gasteiger partial charge in [-0.05, 0) is 55.5 Å². The van der Waals surface area contributed by atoms with E-state index in [9.17, 15) is 9.59 Å². The Morgan fingerprint density at radius 3 is 2.38 bits per heavy atom. The van der Waals surface area contributed by atoms with Gasteiger partial charge in [-0.2, -0.15) is 0 Å². The van der Waals surface area contributed by atoms with Crippen LogP contribution in [0, 0.1) is 0 Å². The van der Waals surface area contributed by atoms with Gasteiger partial charge in [0, 0.05) is 16.6 Å². The molecule has 0 radical (unpaired) electrons. The topological polar surface area (TPSA) is 73.2 Å². The van der Waals surface area contributed by atoms with Crippen LogP contribution in [0.1, 0.15) is 44.9 Å². The summed E-state index contributed by atoms with van der Waals surface area (Å²) in [7, 11) is 0. The number of thiophene rings is 1. The molecule has 0 spiro atoms. The summed E-state index contributed by atoms with van der Waals surface area (Å²) in [5.74, 6) is 0.544. The van der Waals surface area contributed by atoms with E-state index in [1.807, 2.05) is 54.8 Å². The quantitative estimate of drug-likeness (QED) is 0.347. The fourth-order valence-corrected chi connectivity index (χ4v) is 4.99. The number of hydrogen-bond acceptors (Lipinski definition) is 5. The van der Waals surface area contributed by atoms with E-state index < -0.39 is 6.04 Å². The number of carbonyl (C=O) groups excluding carboxylic acids is 1. The highest BCUT2D eigenvalue weighted by atomic mass is 32.1. The van der Waals surface area contributed by atoms with Crippen LogP contribution >= 0.6 is 11.3 Å². The fourth-order valence-electron chi connectivity index (χ4n) is 4.09. The normalized spacial score (nSPS) is 12.0. The van der Waals surface area contributed by atoms with Crippen molar-refractivity contribution in [2.45, 2.75) is 46.6 Å². The zero-order valence-corrected chi connectivity index (χ0v) is 20.7. The number of aromatic nitrogens is 2. The van der Waals surface area contributed by atoms with Crippen molar-refractivity contribution >= 4 is 33.1 Å². The van der Waals surface area contributed by atoms with Gasteiger partial charge in [-0.3, -0.25) is 14.2 Å². The molecule has 34 heavy (non-hydrogen) atoms. The van der Waals surface area contributed by atoms with Crippen molar-refractivity contribution in [3.05, 3.63) is 75.7 Å². The van der Waals surface area contributed by atoms with E-state index in [0.29, 0.717) is 16.8 Å². The molecule has 0 bridgehead atoms. The Morgan fingerprint density at radius 2 is 1.76 bits per heavy atom. The van der Waals surface area contributed by atoms with E-state index >= 15 is 0 Å². The number of para-hydroxylation sites is 1. The summed E-state index contributed by atoms with van der Waals surface area (Å²) in [4.78, 5) is 31.9. The Hall–Kier alpha value is -3.45. The minimum absolute atomic E-state index is 0.225. The van der Waals surface area contributed by atoms with Gasteiger partial charge in [0.15, 0.2) is 0 Å². The lowest BCUT2D eigenvalue weighted by molar-refractivity contribution is -0.118. The van der Waals surface area contributed by atoms with Gasteiger partial charge in [0.1, 0.15) is 16.6 Å². The molecule has 4 aromatic rings. The highest BCUT2D eigenvalue weighted by molar-refractivity contribution is 7.17. The number of carbonyl (C=O) groups is 1. The lowest BCUT2D eigenvalue weighted by Crippen LogP contribution is -2.32. The predicted molar refractivity (Wildman–Crippen MR) is 139 cm³/mol. The van der Waals surface area contributed by atoms with Crippen LogP contribution in [-0.4, -0.2) is 22.1 Å². The average molecular weight is 476 g/mol. The first-order valence-electron chi connectivity index (χ1n) is 11.6. The molecular formula is C27H29N3O3S. The maximum absolute atomic E-state index is 13.5. The lowest BCUT2D eigenvalue weighted by atomic mass is 10.0. The number of nitrogens with zero attached hydrogens (tertiary/aromatic N) is 2. The number of anilines is 1. The zero-order valence-electron chi connectivity index (χ0n) is 19.9. The van der Waals surface area contributed by atoms with Crippen molar-refractivity contribution in [2.75, 3.05) is 11.9 Å². The van der Waals surface area contributed by atoms with Crippen LogP contribution in [0.4, 0.5) is 5.69 Å². The Bertz CT molecular complexity index is 1350. The first-order chi connectivity index (χ1) is 16.5. The molecule has 0 fully saturated rings. The maximum Gasteiger partial charge on any atom is 0.263 e. The van der Waals surface area contributed by atoms with Crippen molar-refractivity contribution in [1.29, 1.82) is 0 Å². The van der Waals surface area contributed by atoms with Gasteiger partial charge in [0.05, 0.1) is 18.3 Å². The third-order valence-corrected chi connectivity index (χ3v) is 6.93. The summed E-state index contributed by atoms with van der Waals surface area (Å²) < 4.78 is 6.95. The van der Waals surface area contributed by atoms with Crippen LogP contribution in [0.5, 0.6) is 5.75 Å². The Morgan fingerprint density at radius 1 is 1.09 bits per heavy atom. The molecule has 0 saturated carbocycles. The van der Waals surface area contributed by atoms with Crippen LogP contribution in [-0.2, 0) is 17.6 Å². The fraction of sp³-hybridized carbons (Fsp3) is 0.296. The zero-order chi connectivity index (χ0) is 24.2. The van der Waals surface area contributed by atoms with Crippen molar-refractivity contribution in [3.8, 4) is 16.9 Å².